The fourth-order valence-electron chi connectivity index (χ4n) is 16.1. The molecule has 5 aliphatic heterocycles. The van der Waals surface area contributed by atoms with Gasteiger partial charge in [-0.05, 0) is 101 Å². The molecule has 4 aliphatic carbocycles. The molecule has 0 radical (unpaired) electrons. The molecule has 0 aromatic heterocycles. The number of cyclic esters (lactones) is 1. The van der Waals surface area contributed by atoms with Crippen LogP contribution in [0.25, 0.3) is 0 Å². The molecule has 0 aromatic carbocycles. The Balaban J connectivity index is 0.00000841. The summed E-state index contributed by atoms with van der Waals surface area (Å²) in [5, 5.41) is 77.9. The van der Waals surface area contributed by atoms with Gasteiger partial charge in [0.05, 0.1) is 43.4 Å². The third kappa shape index (κ3) is 11.5. The number of fused-ring (bicyclic) bond motifs is 4. The predicted molar refractivity (Wildman–Crippen MR) is 268 cm³/mol. The molecule has 0 aromatic rings. The Morgan fingerprint density at radius 2 is 1.39 bits per heavy atom. The Morgan fingerprint density at radius 1 is 0.775 bits per heavy atom. The topological polar surface area (TPSA) is 344 Å². The zero-order chi connectivity index (χ0) is 57.7. The number of hydrogen-bond acceptors (Lipinski definition) is 24. The molecule has 26 atom stereocenters. The van der Waals surface area contributed by atoms with Gasteiger partial charge in [0, 0.05) is 19.4 Å². The van der Waals surface area contributed by atoms with E-state index in [1.54, 1.807) is 0 Å². The number of aliphatic hydroxyl groups is 7. The maximum atomic E-state index is 14.6. The second-order valence-electron chi connectivity index (χ2n) is 25.1. The Morgan fingerprint density at radius 3 is 2.01 bits per heavy atom. The standard InChI is InChI=1S/C54H84O24S.Na/c1-24(2)12-11-17-53(9)44-31(72-26(4)55)20-52(8)28-13-14-33-50(5,6)34(16-18-51(33,7)27(28)15-19-54(44,52)49(63)77-53)73-48-43(35(58)32(23-70-48)78-79(64,65)66)76-47-37(60)36(59)40(25(3)71-47)74-46-39(62)42(30(57)22-69-46)75-45-38(61)41(67-10)29(56)21-68-45;/h13,25,27,29-48,56-62H,1,11-12,14-23H2,2-10H3,(H,64,65,66);/q;+1/p-1/t25-,27+,29-,30-,31+,32-,33+,34+,35+,36-,37-,38-,39-,40-,41+,42+,43-,44-,45+,46+,47+,48+,51-,52+,53+,54-;/m1./s1. The molecule has 1 spiro atoms. The van der Waals surface area contributed by atoms with Crippen molar-refractivity contribution in [2.75, 3.05) is 26.9 Å². The molecule has 3 saturated carbocycles. The zero-order valence-electron chi connectivity index (χ0n) is 47.5. The van der Waals surface area contributed by atoms with E-state index in [0.29, 0.717) is 44.9 Å². The summed E-state index contributed by atoms with van der Waals surface area (Å²) in [6.07, 6.45) is -19.9. The number of hydrogen-bond donors (Lipinski definition) is 7. The van der Waals surface area contributed by atoms with E-state index in [1.165, 1.54) is 26.5 Å². The minimum Gasteiger partial charge on any atom is -0.726 e. The number of ether oxygens (including phenoxy) is 11. The van der Waals surface area contributed by atoms with Crippen molar-refractivity contribution in [3.63, 3.8) is 0 Å². The van der Waals surface area contributed by atoms with Crippen molar-refractivity contribution in [3.05, 3.63) is 23.8 Å². The average molecular weight is 1170 g/mol. The van der Waals surface area contributed by atoms with Crippen LogP contribution in [0.3, 0.4) is 0 Å². The summed E-state index contributed by atoms with van der Waals surface area (Å²) in [5.74, 6) is -0.958. The van der Waals surface area contributed by atoms with Crippen LogP contribution in [0, 0.1) is 39.4 Å². The van der Waals surface area contributed by atoms with Gasteiger partial charge in [-0.25, -0.2) is 8.42 Å². The first kappa shape index (κ1) is 64.6. The third-order valence-corrected chi connectivity index (χ3v) is 20.3. The Hall–Kier alpha value is -1.35. The van der Waals surface area contributed by atoms with Gasteiger partial charge in [0.25, 0.3) is 0 Å². The van der Waals surface area contributed by atoms with Gasteiger partial charge < -0.3 is 92.4 Å². The van der Waals surface area contributed by atoms with E-state index < -0.39 is 168 Å². The Kier molecular flexibility index (Phi) is 19.5. The summed E-state index contributed by atoms with van der Waals surface area (Å²) in [4.78, 5) is 27.4. The van der Waals surface area contributed by atoms with Crippen molar-refractivity contribution in [3.8, 4) is 0 Å². The molecule has 5 heterocycles. The van der Waals surface area contributed by atoms with Crippen LogP contribution >= 0.6 is 0 Å². The average Bonchev–Trinajstić information content (AvgIpc) is 3.35. The predicted octanol–water partition coefficient (Wildman–Crippen LogP) is -2.08. The Labute approximate surface area is 489 Å². The van der Waals surface area contributed by atoms with E-state index in [4.69, 9.17) is 52.1 Å². The number of carbonyl (C=O) groups excluding carboxylic acids is 2. The van der Waals surface area contributed by atoms with Crippen molar-refractivity contribution in [2.24, 2.45) is 39.4 Å². The first-order chi connectivity index (χ1) is 36.9. The summed E-state index contributed by atoms with van der Waals surface area (Å²) < 4.78 is 106. The molecule has 80 heavy (non-hydrogen) atoms. The monoisotopic (exact) mass is 1170 g/mol. The zero-order valence-corrected chi connectivity index (χ0v) is 50.3. The first-order valence-electron chi connectivity index (χ1n) is 27.7. The summed E-state index contributed by atoms with van der Waals surface area (Å²) in [6, 6.07) is 0. The van der Waals surface area contributed by atoms with Gasteiger partial charge in [-0.3, -0.25) is 13.8 Å². The molecule has 7 N–H and O–H groups in total. The molecular weight excluding hydrogens is 1090 g/mol. The number of allylic oxidation sites excluding steroid dienone is 3. The largest absolute Gasteiger partial charge is 1.00 e. The van der Waals surface area contributed by atoms with E-state index in [9.17, 15) is 58.3 Å². The first-order valence-corrected chi connectivity index (χ1v) is 29.1. The number of rotatable bonds is 16. The fourth-order valence-corrected chi connectivity index (χ4v) is 16.6. The molecule has 26 heteroatoms. The van der Waals surface area contributed by atoms with Crippen LogP contribution in [0.1, 0.15) is 113 Å². The molecule has 0 unspecified atom stereocenters. The van der Waals surface area contributed by atoms with Gasteiger partial charge in [-0.2, -0.15) is 0 Å². The van der Waals surface area contributed by atoms with Crippen LogP contribution in [0.15, 0.2) is 23.8 Å². The van der Waals surface area contributed by atoms with Crippen molar-refractivity contribution < 1.29 is 144 Å². The molecule has 24 nitrogen and oxygen atoms in total. The molecule has 5 saturated heterocycles. The Bertz CT molecular complexity index is 2400. The van der Waals surface area contributed by atoms with Crippen LogP contribution in [0.5, 0.6) is 0 Å². The second kappa shape index (κ2) is 24.1. The number of aliphatic hydroxyl groups excluding tert-OH is 7. The minimum atomic E-state index is -5.40. The van der Waals surface area contributed by atoms with Crippen molar-refractivity contribution in [1.29, 1.82) is 0 Å². The second-order valence-corrected chi connectivity index (χ2v) is 26.1. The van der Waals surface area contributed by atoms with E-state index in [1.807, 2.05) is 13.8 Å². The van der Waals surface area contributed by atoms with Crippen LogP contribution in [-0.4, -0.2) is 210 Å². The summed E-state index contributed by atoms with van der Waals surface area (Å²) >= 11 is 0. The third-order valence-electron chi connectivity index (χ3n) is 19.8. The van der Waals surface area contributed by atoms with Crippen molar-refractivity contribution >= 4 is 22.3 Å². The molecule has 0 bridgehead atoms. The van der Waals surface area contributed by atoms with Gasteiger partial charge in [0.2, 0.25) is 10.4 Å². The smallest absolute Gasteiger partial charge is 0.726 e. The van der Waals surface area contributed by atoms with E-state index in [0.717, 1.165) is 18.4 Å². The van der Waals surface area contributed by atoms with Gasteiger partial charge in [-0.15, -0.1) is 6.58 Å². The van der Waals surface area contributed by atoms with Gasteiger partial charge in [0.1, 0.15) is 85.0 Å². The van der Waals surface area contributed by atoms with Crippen LogP contribution in [-0.2, 0) is 76.3 Å². The summed E-state index contributed by atoms with van der Waals surface area (Å²) in [6.45, 7) is 18.2. The van der Waals surface area contributed by atoms with Crippen LogP contribution in [0.2, 0.25) is 0 Å². The van der Waals surface area contributed by atoms with Gasteiger partial charge in [-0.1, -0.05) is 44.9 Å². The number of carbonyl (C=O) groups is 2. The molecule has 9 aliphatic rings. The molecular formula is C54H83NaO24S. The van der Waals surface area contributed by atoms with Crippen molar-refractivity contribution in [2.45, 2.75) is 235 Å². The SMILES string of the molecule is C=C(C)CCC[C@]1(C)OC(=O)[C@]23CC[C@H]4C(=CC[C@H]5C(C)(C)[C@@H](O[C@@H]6OC[C@@H](OS(=O)(=O)[O-])[C@H](O)[C@H]6O[C@@H]6O[C@H](C)[C@@H](O[C@@H]7OC[C@@H](O)[C@H](O[C@@H]8OC[C@@H](O)[C@H](OC)[C@H]8O)[C@H]7O)[C@H](O)[C@H]6O)CC[C@]45C)[C@]2(C)C[C@H](OC(C)=O)[C@@H]31.[Na+]. The van der Waals surface area contributed by atoms with Crippen molar-refractivity contribution in [1.82, 2.24) is 0 Å². The minimum absolute atomic E-state index is 0. The fraction of sp³-hybridized carbons (Fsp3) is 0.889. The molecule has 450 valence electrons. The molecule has 8 fully saturated rings. The molecule has 9 rings (SSSR count). The number of esters is 2. The van der Waals surface area contributed by atoms with Gasteiger partial charge >= 0.3 is 41.5 Å². The van der Waals surface area contributed by atoms with E-state index >= 15 is 0 Å². The van der Waals surface area contributed by atoms with Crippen LogP contribution < -0.4 is 29.6 Å². The quantitative estimate of drug-likeness (QED) is 0.0287. The maximum absolute atomic E-state index is 14.6. The summed E-state index contributed by atoms with van der Waals surface area (Å²) in [5.41, 5.74) is -1.13. The van der Waals surface area contributed by atoms with E-state index in [-0.39, 0.29) is 65.3 Å². The summed E-state index contributed by atoms with van der Waals surface area (Å²) in [7, 11) is -4.13. The maximum Gasteiger partial charge on any atom is 1.00 e. The van der Waals surface area contributed by atoms with Gasteiger partial charge in [0.15, 0.2) is 25.2 Å². The van der Waals surface area contributed by atoms with Crippen LogP contribution in [0.4, 0.5) is 0 Å². The normalized spacial score (nSPS) is 49.0. The number of methoxy groups -OCH3 is 1. The van der Waals surface area contributed by atoms with E-state index in [2.05, 4.69) is 44.5 Å². The molecule has 0 amide bonds.